The first-order chi connectivity index (χ1) is 17.6. The third-order valence-corrected chi connectivity index (χ3v) is 7.93. The van der Waals surface area contributed by atoms with E-state index in [1.54, 1.807) is 6.08 Å². The molecule has 0 atom stereocenters. The van der Waals surface area contributed by atoms with Crippen molar-refractivity contribution in [1.82, 2.24) is 4.90 Å². The third kappa shape index (κ3) is 7.06. The number of rotatable bonds is 8. The highest BCUT2D eigenvalue weighted by Crippen LogP contribution is 2.36. The normalized spacial score (nSPS) is 14.9. The van der Waals surface area contributed by atoms with Crippen LogP contribution in [-0.4, -0.2) is 29.3 Å². The summed E-state index contributed by atoms with van der Waals surface area (Å²) in [6.45, 7) is 7.42. The summed E-state index contributed by atoms with van der Waals surface area (Å²) in [5, 5.41) is -0.294. The minimum Gasteiger partial charge on any atom is -0.490 e. The maximum Gasteiger partial charge on any atom is 0.293 e. The number of amides is 2. The van der Waals surface area contributed by atoms with Gasteiger partial charge in [-0.25, -0.2) is 0 Å². The van der Waals surface area contributed by atoms with Gasteiger partial charge in [0.05, 0.1) is 11.4 Å². The van der Waals surface area contributed by atoms with E-state index < -0.39 is 0 Å². The topological polar surface area (TPSA) is 55.8 Å². The number of carbonyl (C=O) groups is 2. The predicted molar refractivity (Wildman–Crippen MR) is 156 cm³/mol. The molecule has 0 bridgehead atoms. The first-order valence-corrected chi connectivity index (χ1v) is 14.2. The molecule has 192 valence electrons. The Morgan fingerprint density at radius 3 is 2.32 bits per heavy atom. The second-order valence-electron chi connectivity index (χ2n) is 9.51. The molecule has 37 heavy (non-hydrogen) atoms. The molecule has 0 radical (unpaired) electrons. The average Bonchev–Trinajstić information content (AvgIpc) is 3.11. The van der Waals surface area contributed by atoms with Gasteiger partial charge in [-0.1, -0.05) is 89.0 Å². The fraction of sp³-hybridized carbons (Fsp3) is 0.241. The molecule has 1 saturated heterocycles. The van der Waals surface area contributed by atoms with Crippen LogP contribution >= 0.6 is 43.6 Å². The van der Waals surface area contributed by atoms with Crippen molar-refractivity contribution in [1.29, 1.82) is 0 Å². The Bertz CT molecular complexity index is 1330. The second-order valence-corrected chi connectivity index (χ2v) is 12.3. The lowest BCUT2D eigenvalue weighted by Gasteiger charge is -2.19. The smallest absolute Gasteiger partial charge is 0.293 e. The number of ether oxygens (including phenoxy) is 2. The molecule has 1 aliphatic heterocycles. The fourth-order valence-electron chi connectivity index (χ4n) is 3.69. The van der Waals surface area contributed by atoms with Crippen LogP contribution in [0.3, 0.4) is 0 Å². The SMILES string of the molecule is CC(C)(C)c1ccc(OCCOc2cc(Br)ccc2/C=C2\SC(=O)N(Cc3ccccc3Br)C2=O)cc1. The molecule has 5 nitrogen and oxygen atoms in total. The summed E-state index contributed by atoms with van der Waals surface area (Å²) in [6, 6.07) is 21.2. The number of benzene rings is 3. The second kappa shape index (κ2) is 11.9. The third-order valence-electron chi connectivity index (χ3n) is 5.75. The number of thioether (sulfide) groups is 1. The lowest BCUT2D eigenvalue weighted by atomic mass is 9.87. The van der Waals surface area contributed by atoms with Crippen LogP contribution in [0.5, 0.6) is 11.5 Å². The van der Waals surface area contributed by atoms with Gasteiger partial charge in [0.15, 0.2) is 0 Å². The molecule has 0 aromatic heterocycles. The summed E-state index contributed by atoms with van der Waals surface area (Å²) in [5.74, 6) is 1.06. The van der Waals surface area contributed by atoms with Gasteiger partial charge in [-0.3, -0.25) is 14.5 Å². The summed E-state index contributed by atoms with van der Waals surface area (Å²) in [5.41, 5.74) is 2.92. The summed E-state index contributed by atoms with van der Waals surface area (Å²) in [4.78, 5) is 27.3. The Balaban J connectivity index is 1.41. The van der Waals surface area contributed by atoms with Crippen LogP contribution in [0.2, 0.25) is 0 Å². The molecule has 0 aliphatic carbocycles. The Kier molecular flexibility index (Phi) is 8.82. The van der Waals surface area contributed by atoms with E-state index in [2.05, 4.69) is 64.8 Å². The Morgan fingerprint density at radius 1 is 0.919 bits per heavy atom. The van der Waals surface area contributed by atoms with Crippen molar-refractivity contribution in [2.75, 3.05) is 13.2 Å². The molecule has 1 aliphatic rings. The quantitative estimate of drug-likeness (QED) is 0.183. The summed E-state index contributed by atoms with van der Waals surface area (Å²) < 4.78 is 13.6. The molecule has 3 aromatic carbocycles. The van der Waals surface area contributed by atoms with Crippen LogP contribution in [0.15, 0.2) is 80.6 Å². The van der Waals surface area contributed by atoms with Crippen molar-refractivity contribution >= 4 is 60.8 Å². The number of nitrogens with zero attached hydrogens (tertiary/aromatic N) is 1. The van der Waals surface area contributed by atoms with Crippen molar-refractivity contribution in [3.63, 3.8) is 0 Å². The van der Waals surface area contributed by atoms with E-state index in [4.69, 9.17) is 9.47 Å². The van der Waals surface area contributed by atoms with Crippen LogP contribution in [0.25, 0.3) is 6.08 Å². The molecular weight excluding hydrogens is 618 g/mol. The van der Waals surface area contributed by atoms with E-state index in [0.29, 0.717) is 29.4 Å². The van der Waals surface area contributed by atoms with Crippen molar-refractivity contribution in [3.05, 3.63) is 97.3 Å². The van der Waals surface area contributed by atoms with Gasteiger partial charge in [0.25, 0.3) is 11.1 Å². The molecule has 8 heteroatoms. The zero-order valence-corrected chi connectivity index (χ0v) is 24.8. The van der Waals surface area contributed by atoms with Gasteiger partial charge < -0.3 is 9.47 Å². The van der Waals surface area contributed by atoms with Crippen LogP contribution < -0.4 is 9.47 Å². The van der Waals surface area contributed by atoms with Crippen molar-refractivity contribution in [2.24, 2.45) is 0 Å². The van der Waals surface area contributed by atoms with Crippen molar-refractivity contribution in [2.45, 2.75) is 32.7 Å². The number of hydrogen-bond acceptors (Lipinski definition) is 5. The summed E-state index contributed by atoms with van der Waals surface area (Å²) in [6.07, 6.45) is 1.71. The minimum absolute atomic E-state index is 0.0896. The summed E-state index contributed by atoms with van der Waals surface area (Å²) >= 11 is 7.90. The van der Waals surface area contributed by atoms with Gasteiger partial charge in [-0.2, -0.15) is 0 Å². The zero-order valence-electron chi connectivity index (χ0n) is 20.8. The van der Waals surface area contributed by atoms with Gasteiger partial charge in [0.2, 0.25) is 0 Å². The molecule has 1 fully saturated rings. The molecule has 0 saturated carbocycles. The molecule has 0 unspecified atom stereocenters. The van der Waals surface area contributed by atoms with Gasteiger partial charge in [-0.15, -0.1) is 0 Å². The molecule has 0 N–H and O–H groups in total. The van der Waals surface area contributed by atoms with Crippen molar-refractivity contribution in [3.8, 4) is 11.5 Å². The maximum absolute atomic E-state index is 13.0. The first-order valence-electron chi connectivity index (χ1n) is 11.8. The van der Waals surface area contributed by atoms with Gasteiger partial charge in [0, 0.05) is 14.5 Å². The number of halogens is 2. The maximum atomic E-state index is 13.0. The number of hydrogen-bond donors (Lipinski definition) is 0. The zero-order chi connectivity index (χ0) is 26.6. The van der Waals surface area contributed by atoms with Gasteiger partial charge in [-0.05, 0) is 64.7 Å². The Hall–Kier alpha value is -2.55. The standard InChI is InChI=1S/C29H27Br2NO4S/c1-29(2,3)21-9-12-23(13-10-21)35-14-15-36-25-17-22(30)11-8-19(25)16-26-27(33)32(28(34)37-26)18-20-6-4-5-7-24(20)31/h4-13,16-17H,14-15,18H2,1-3H3/b26-16-. The molecule has 3 aromatic rings. The molecule has 4 rings (SSSR count). The van der Waals surface area contributed by atoms with E-state index in [9.17, 15) is 9.59 Å². The highest BCUT2D eigenvalue weighted by Gasteiger charge is 2.35. The summed E-state index contributed by atoms with van der Waals surface area (Å²) in [7, 11) is 0. The monoisotopic (exact) mass is 643 g/mol. The average molecular weight is 645 g/mol. The molecule has 2 amide bonds. The van der Waals surface area contributed by atoms with Crippen LogP contribution in [-0.2, 0) is 16.8 Å². The molecule has 0 spiro atoms. The molecular formula is C29H27Br2NO4S. The Morgan fingerprint density at radius 2 is 1.62 bits per heavy atom. The van der Waals surface area contributed by atoms with Crippen molar-refractivity contribution < 1.29 is 19.1 Å². The largest absolute Gasteiger partial charge is 0.490 e. The lowest BCUT2D eigenvalue weighted by molar-refractivity contribution is -0.123. The fourth-order valence-corrected chi connectivity index (χ4v) is 5.27. The Labute approximate surface area is 238 Å². The minimum atomic E-state index is -0.318. The molecule has 1 heterocycles. The van der Waals surface area contributed by atoms with Gasteiger partial charge in [0.1, 0.15) is 24.7 Å². The van der Waals surface area contributed by atoms with E-state index in [1.165, 1.54) is 10.5 Å². The van der Waals surface area contributed by atoms with Crippen LogP contribution in [0.4, 0.5) is 4.79 Å². The van der Waals surface area contributed by atoms with E-state index in [-0.39, 0.29) is 23.1 Å². The van der Waals surface area contributed by atoms with Gasteiger partial charge >= 0.3 is 0 Å². The number of imide groups is 1. The highest BCUT2D eigenvalue weighted by molar-refractivity contribution is 9.10. The predicted octanol–water partition coefficient (Wildman–Crippen LogP) is 8.20. The van der Waals surface area contributed by atoms with Crippen LogP contribution in [0, 0.1) is 0 Å². The lowest BCUT2D eigenvalue weighted by Crippen LogP contribution is -2.27. The highest BCUT2D eigenvalue weighted by atomic mass is 79.9. The van der Waals surface area contributed by atoms with Crippen LogP contribution in [0.1, 0.15) is 37.5 Å². The first kappa shape index (κ1) is 27.5. The number of carbonyl (C=O) groups excluding carboxylic acids is 2. The van der Waals surface area contributed by atoms with E-state index >= 15 is 0 Å². The van der Waals surface area contributed by atoms with E-state index in [1.807, 2.05) is 54.6 Å². The van der Waals surface area contributed by atoms with E-state index in [0.717, 1.165) is 32.0 Å².